The highest BCUT2D eigenvalue weighted by molar-refractivity contribution is 6.43. The van der Waals surface area contributed by atoms with Crippen molar-refractivity contribution in [1.82, 2.24) is 20.2 Å². The van der Waals surface area contributed by atoms with Gasteiger partial charge in [-0.05, 0) is 47.2 Å². The van der Waals surface area contributed by atoms with Crippen LogP contribution in [0.5, 0.6) is 0 Å². The van der Waals surface area contributed by atoms with Crippen molar-refractivity contribution < 1.29 is 0 Å². The molecule has 0 aliphatic rings. The number of rotatable bonds is 2. The summed E-state index contributed by atoms with van der Waals surface area (Å²) in [6.07, 6.45) is 0. The Balaban J connectivity index is 2.20. The van der Waals surface area contributed by atoms with Crippen LogP contribution in [0, 0.1) is 6.92 Å². The highest BCUT2D eigenvalue weighted by Gasteiger charge is 2.16. The summed E-state index contributed by atoms with van der Waals surface area (Å²) in [5, 5.41) is 12.5. The number of halogens is 2. The third-order valence-electron chi connectivity index (χ3n) is 3.01. The van der Waals surface area contributed by atoms with E-state index in [-0.39, 0.29) is 0 Å². The molecule has 2 aromatic carbocycles. The normalized spacial score (nSPS) is 10.8. The molecule has 5 nitrogen and oxygen atoms in total. The van der Waals surface area contributed by atoms with Crippen LogP contribution in [-0.4, -0.2) is 20.2 Å². The van der Waals surface area contributed by atoms with Crippen LogP contribution in [0.25, 0.3) is 17.1 Å². The third kappa shape index (κ3) is 2.57. The van der Waals surface area contributed by atoms with Gasteiger partial charge in [-0.1, -0.05) is 35.3 Å². The maximum atomic E-state index is 6.25. The predicted molar refractivity (Wildman–Crippen MR) is 83.8 cm³/mol. The van der Waals surface area contributed by atoms with E-state index in [0.29, 0.717) is 27.1 Å². The fourth-order valence-corrected chi connectivity index (χ4v) is 2.48. The number of hydrogen-bond donors (Lipinski definition) is 1. The zero-order valence-corrected chi connectivity index (χ0v) is 12.6. The van der Waals surface area contributed by atoms with E-state index in [9.17, 15) is 0 Å². The van der Waals surface area contributed by atoms with E-state index in [1.54, 1.807) is 16.8 Å². The smallest absolute Gasteiger partial charge is 0.188 e. The van der Waals surface area contributed by atoms with Crippen LogP contribution in [0.3, 0.4) is 0 Å². The molecule has 21 heavy (non-hydrogen) atoms. The van der Waals surface area contributed by atoms with E-state index in [0.717, 1.165) is 11.3 Å². The molecule has 0 bridgehead atoms. The van der Waals surface area contributed by atoms with Gasteiger partial charge >= 0.3 is 0 Å². The van der Waals surface area contributed by atoms with Crippen LogP contribution in [0.15, 0.2) is 36.4 Å². The first-order valence-corrected chi connectivity index (χ1v) is 6.92. The second-order valence-electron chi connectivity index (χ2n) is 4.62. The van der Waals surface area contributed by atoms with Crippen molar-refractivity contribution in [3.8, 4) is 17.1 Å². The van der Waals surface area contributed by atoms with Gasteiger partial charge in [0.25, 0.3) is 0 Å². The van der Waals surface area contributed by atoms with Gasteiger partial charge in [0.05, 0.1) is 15.7 Å². The maximum Gasteiger partial charge on any atom is 0.188 e. The van der Waals surface area contributed by atoms with Gasteiger partial charge in [0.1, 0.15) is 0 Å². The fraction of sp³-hybridized carbons (Fsp3) is 0.0714. The number of tetrazole rings is 1. The summed E-state index contributed by atoms with van der Waals surface area (Å²) in [6, 6.07) is 11.1. The highest BCUT2D eigenvalue weighted by Crippen LogP contribution is 2.35. The monoisotopic (exact) mass is 319 g/mol. The van der Waals surface area contributed by atoms with E-state index in [4.69, 9.17) is 28.9 Å². The summed E-state index contributed by atoms with van der Waals surface area (Å²) in [5.41, 5.74) is 8.86. The van der Waals surface area contributed by atoms with Gasteiger partial charge in [0.2, 0.25) is 0 Å². The average molecular weight is 320 g/mol. The second-order valence-corrected chi connectivity index (χ2v) is 5.40. The van der Waals surface area contributed by atoms with Crippen molar-refractivity contribution in [2.24, 2.45) is 0 Å². The number of nitrogens with zero attached hydrogens (tertiary/aromatic N) is 4. The first-order chi connectivity index (χ1) is 10.1. The van der Waals surface area contributed by atoms with Gasteiger partial charge < -0.3 is 5.73 Å². The second kappa shape index (κ2) is 5.35. The van der Waals surface area contributed by atoms with Gasteiger partial charge in [-0.2, -0.15) is 4.68 Å². The Morgan fingerprint density at radius 2 is 1.95 bits per heavy atom. The zero-order valence-electron chi connectivity index (χ0n) is 11.1. The van der Waals surface area contributed by atoms with Crippen molar-refractivity contribution in [2.75, 3.05) is 5.73 Å². The number of aromatic nitrogens is 4. The minimum Gasteiger partial charge on any atom is -0.399 e. The number of benzene rings is 2. The quantitative estimate of drug-likeness (QED) is 0.733. The predicted octanol–water partition coefficient (Wildman–Crippen LogP) is 3.53. The highest BCUT2D eigenvalue weighted by atomic mass is 35.5. The van der Waals surface area contributed by atoms with Gasteiger partial charge in [0, 0.05) is 11.3 Å². The molecule has 0 unspecified atom stereocenters. The van der Waals surface area contributed by atoms with Gasteiger partial charge in [0.15, 0.2) is 5.82 Å². The van der Waals surface area contributed by atoms with Crippen LogP contribution in [0.1, 0.15) is 5.56 Å². The van der Waals surface area contributed by atoms with E-state index in [1.165, 1.54) is 0 Å². The van der Waals surface area contributed by atoms with E-state index in [1.807, 2.05) is 31.2 Å². The third-order valence-corrected chi connectivity index (χ3v) is 3.81. The van der Waals surface area contributed by atoms with Gasteiger partial charge in [-0.25, -0.2) is 0 Å². The standard InChI is InChI=1S/C14H11Cl2N5/c1-8-3-2-4-10(5-8)21-14(18-19-20-21)11-6-9(17)7-12(15)13(11)16/h2-7H,17H2,1H3. The Morgan fingerprint density at radius 3 is 2.71 bits per heavy atom. The molecular weight excluding hydrogens is 309 g/mol. The van der Waals surface area contributed by atoms with E-state index < -0.39 is 0 Å². The molecule has 1 heterocycles. The SMILES string of the molecule is Cc1cccc(-n2nnnc2-c2cc(N)cc(Cl)c2Cl)c1. The molecule has 3 rings (SSSR count). The molecule has 7 heteroatoms. The molecule has 1 aromatic heterocycles. The topological polar surface area (TPSA) is 69.6 Å². The van der Waals surface area contributed by atoms with Crippen molar-refractivity contribution in [3.05, 3.63) is 52.0 Å². The number of aryl methyl sites for hydroxylation is 1. The largest absolute Gasteiger partial charge is 0.399 e. The molecule has 3 aromatic rings. The van der Waals surface area contributed by atoms with E-state index in [2.05, 4.69) is 15.5 Å². The summed E-state index contributed by atoms with van der Waals surface area (Å²) in [4.78, 5) is 0. The summed E-state index contributed by atoms with van der Waals surface area (Å²) in [6.45, 7) is 2.00. The number of nitrogen functional groups attached to an aromatic ring is 1. The molecule has 0 radical (unpaired) electrons. The van der Waals surface area contributed by atoms with Crippen molar-refractivity contribution in [1.29, 1.82) is 0 Å². The Hall–Kier alpha value is -2.11. The molecule has 0 saturated carbocycles. The number of nitrogens with two attached hydrogens (primary N) is 1. The molecular formula is C14H11Cl2N5. The van der Waals surface area contributed by atoms with Crippen molar-refractivity contribution in [3.63, 3.8) is 0 Å². The number of anilines is 1. The molecule has 0 aliphatic heterocycles. The van der Waals surface area contributed by atoms with Crippen LogP contribution in [0.2, 0.25) is 10.0 Å². The lowest BCUT2D eigenvalue weighted by atomic mass is 10.1. The fourth-order valence-electron chi connectivity index (χ4n) is 2.06. The minimum atomic E-state index is 0.366. The first kappa shape index (κ1) is 13.9. The summed E-state index contributed by atoms with van der Waals surface area (Å²) >= 11 is 12.3. The molecule has 2 N–H and O–H groups in total. The van der Waals surface area contributed by atoms with E-state index >= 15 is 0 Å². The van der Waals surface area contributed by atoms with Crippen LogP contribution >= 0.6 is 23.2 Å². The zero-order chi connectivity index (χ0) is 15.0. The summed E-state index contributed by atoms with van der Waals surface area (Å²) < 4.78 is 1.60. The Morgan fingerprint density at radius 1 is 1.14 bits per heavy atom. The average Bonchev–Trinajstić information content (AvgIpc) is 2.92. The molecule has 0 spiro atoms. The Labute approximate surface area is 131 Å². The van der Waals surface area contributed by atoms with Gasteiger partial charge in [-0.3, -0.25) is 0 Å². The lowest BCUT2D eigenvalue weighted by molar-refractivity contribution is 0.790. The Bertz CT molecular complexity index is 813. The molecule has 0 atom stereocenters. The van der Waals surface area contributed by atoms with Crippen molar-refractivity contribution >= 4 is 28.9 Å². The maximum absolute atomic E-state index is 6.25. The minimum absolute atomic E-state index is 0.366. The summed E-state index contributed by atoms with van der Waals surface area (Å²) in [7, 11) is 0. The van der Waals surface area contributed by atoms with Crippen LogP contribution < -0.4 is 5.73 Å². The van der Waals surface area contributed by atoms with Crippen molar-refractivity contribution in [2.45, 2.75) is 6.92 Å². The van der Waals surface area contributed by atoms with Gasteiger partial charge in [-0.15, -0.1) is 5.10 Å². The molecule has 0 aliphatic carbocycles. The van der Waals surface area contributed by atoms with Crippen LogP contribution in [0.4, 0.5) is 5.69 Å². The molecule has 106 valence electrons. The summed E-state index contributed by atoms with van der Waals surface area (Å²) in [5.74, 6) is 0.486. The number of hydrogen-bond acceptors (Lipinski definition) is 4. The molecule has 0 fully saturated rings. The first-order valence-electron chi connectivity index (χ1n) is 6.16. The lowest BCUT2D eigenvalue weighted by Crippen LogP contribution is -2.01. The molecule has 0 saturated heterocycles. The Kier molecular flexibility index (Phi) is 3.53. The van der Waals surface area contributed by atoms with Crippen LogP contribution in [-0.2, 0) is 0 Å². The molecule has 0 amide bonds. The lowest BCUT2D eigenvalue weighted by Gasteiger charge is -2.08.